The molecule has 0 aromatic heterocycles. The van der Waals surface area contributed by atoms with Crippen molar-refractivity contribution in [3.8, 4) is 6.07 Å². The summed E-state index contributed by atoms with van der Waals surface area (Å²) in [5.41, 5.74) is 0.298. The molecule has 2 rings (SSSR count). The molecule has 108 valence electrons. The number of likely N-dealkylation sites (tertiary alicyclic amines) is 1. The van der Waals surface area contributed by atoms with E-state index in [2.05, 4.69) is 23.2 Å². The van der Waals surface area contributed by atoms with Crippen LogP contribution in [0.1, 0.15) is 58.8 Å². The molecule has 1 saturated carbocycles. The Morgan fingerprint density at radius 3 is 2.37 bits per heavy atom. The lowest BCUT2D eigenvalue weighted by Gasteiger charge is -2.41. The maximum atomic E-state index is 9.41. The standard InChI is InChI=1S/C16H29N3/c1-3-10-18-15(2,13-17)14-19-11-8-16(9-12-19)6-4-5-7-16/h18H,3-12,14H2,1-2H3. The summed E-state index contributed by atoms with van der Waals surface area (Å²) >= 11 is 0. The lowest BCUT2D eigenvalue weighted by molar-refractivity contribution is 0.0940. The fraction of sp³-hybridized carbons (Fsp3) is 0.938. The van der Waals surface area contributed by atoms with Crippen molar-refractivity contribution in [1.29, 1.82) is 5.26 Å². The Morgan fingerprint density at radius 1 is 1.21 bits per heavy atom. The SMILES string of the molecule is CCCNC(C)(C#N)CN1CCC2(CCCC2)CC1. The quantitative estimate of drug-likeness (QED) is 0.829. The van der Waals surface area contributed by atoms with Crippen molar-refractivity contribution in [2.45, 2.75) is 64.3 Å². The van der Waals surface area contributed by atoms with Crippen LogP contribution >= 0.6 is 0 Å². The van der Waals surface area contributed by atoms with Crippen LogP contribution in [0.15, 0.2) is 0 Å². The monoisotopic (exact) mass is 263 g/mol. The molecule has 0 aromatic rings. The van der Waals surface area contributed by atoms with Crippen molar-refractivity contribution in [2.75, 3.05) is 26.2 Å². The largest absolute Gasteiger partial charge is 0.300 e. The Labute approximate surface area is 118 Å². The number of hydrogen-bond donors (Lipinski definition) is 1. The fourth-order valence-electron chi connectivity index (χ4n) is 3.79. The molecular formula is C16H29N3. The van der Waals surface area contributed by atoms with Gasteiger partial charge in [0.15, 0.2) is 0 Å². The minimum Gasteiger partial charge on any atom is -0.300 e. The second-order valence-corrected chi connectivity index (χ2v) is 6.85. The van der Waals surface area contributed by atoms with Gasteiger partial charge >= 0.3 is 0 Å². The van der Waals surface area contributed by atoms with Gasteiger partial charge in [-0.2, -0.15) is 5.26 Å². The van der Waals surface area contributed by atoms with Crippen LogP contribution in [0.5, 0.6) is 0 Å². The molecule has 2 aliphatic rings. The first-order valence-electron chi connectivity index (χ1n) is 8.00. The van der Waals surface area contributed by atoms with E-state index in [0.717, 1.165) is 19.5 Å². The smallest absolute Gasteiger partial charge is 0.116 e. The molecule has 0 radical (unpaired) electrons. The van der Waals surface area contributed by atoms with Crippen molar-refractivity contribution < 1.29 is 0 Å². The molecule has 0 amide bonds. The normalized spacial score (nSPS) is 26.2. The molecule has 1 atom stereocenters. The van der Waals surface area contributed by atoms with Gasteiger partial charge < -0.3 is 4.90 Å². The zero-order valence-electron chi connectivity index (χ0n) is 12.7. The molecule has 1 saturated heterocycles. The Balaban J connectivity index is 1.82. The van der Waals surface area contributed by atoms with Gasteiger partial charge in [-0.25, -0.2) is 0 Å². The summed E-state index contributed by atoms with van der Waals surface area (Å²) in [5, 5.41) is 12.8. The third-order valence-corrected chi connectivity index (χ3v) is 5.13. The average Bonchev–Trinajstić information content (AvgIpc) is 2.88. The predicted molar refractivity (Wildman–Crippen MR) is 78.9 cm³/mol. The van der Waals surface area contributed by atoms with Crippen LogP contribution in [0.4, 0.5) is 0 Å². The summed E-state index contributed by atoms with van der Waals surface area (Å²) in [5.74, 6) is 0. The Kier molecular flexibility index (Phi) is 4.86. The van der Waals surface area contributed by atoms with Crippen LogP contribution in [-0.2, 0) is 0 Å². The van der Waals surface area contributed by atoms with E-state index < -0.39 is 0 Å². The molecule has 1 unspecified atom stereocenters. The number of nitrogens with zero attached hydrogens (tertiary/aromatic N) is 2. The fourth-order valence-corrected chi connectivity index (χ4v) is 3.79. The lowest BCUT2D eigenvalue weighted by atomic mass is 9.77. The molecule has 1 aliphatic heterocycles. The minimum atomic E-state index is -0.379. The Bertz CT molecular complexity index is 317. The summed E-state index contributed by atoms with van der Waals surface area (Å²) in [6.45, 7) is 8.37. The minimum absolute atomic E-state index is 0.379. The van der Waals surface area contributed by atoms with Crippen molar-refractivity contribution >= 4 is 0 Å². The van der Waals surface area contributed by atoms with E-state index in [1.165, 1.54) is 51.6 Å². The molecule has 1 spiro atoms. The van der Waals surface area contributed by atoms with Crippen molar-refractivity contribution in [3.63, 3.8) is 0 Å². The summed E-state index contributed by atoms with van der Waals surface area (Å²) in [6, 6.07) is 2.47. The summed E-state index contributed by atoms with van der Waals surface area (Å²) in [6.07, 6.45) is 9.56. The van der Waals surface area contributed by atoms with E-state index in [-0.39, 0.29) is 5.54 Å². The van der Waals surface area contributed by atoms with Gasteiger partial charge in [-0.05, 0) is 64.1 Å². The van der Waals surface area contributed by atoms with Gasteiger partial charge in [0.25, 0.3) is 0 Å². The third kappa shape index (κ3) is 3.70. The molecular weight excluding hydrogens is 234 g/mol. The van der Waals surface area contributed by atoms with Gasteiger partial charge in [-0.3, -0.25) is 5.32 Å². The molecule has 3 heteroatoms. The Hall–Kier alpha value is -0.590. The van der Waals surface area contributed by atoms with E-state index in [0.29, 0.717) is 5.41 Å². The first-order chi connectivity index (χ1) is 9.11. The first kappa shape index (κ1) is 14.8. The van der Waals surface area contributed by atoms with Gasteiger partial charge in [0.1, 0.15) is 5.54 Å². The molecule has 0 aromatic carbocycles. The molecule has 3 nitrogen and oxygen atoms in total. The number of nitrogens with one attached hydrogen (secondary N) is 1. The maximum absolute atomic E-state index is 9.41. The van der Waals surface area contributed by atoms with E-state index in [9.17, 15) is 5.26 Å². The van der Waals surface area contributed by atoms with Crippen LogP contribution in [0.3, 0.4) is 0 Å². The highest BCUT2D eigenvalue weighted by Crippen LogP contribution is 2.46. The number of nitriles is 1. The number of piperidine rings is 1. The molecule has 1 N–H and O–H groups in total. The van der Waals surface area contributed by atoms with Gasteiger partial charge in [-0.1, -0.05) is 19.8 Å². The van der Waals surface area contributed by atoms with E-state index in [1.54, 1.807) is 0 Å². The number of rotatable bonds is 5. The predicted octanol–water partition coefficient (Wildman–Crippen LogP) is 2.92. The topological polar surface area (TPSA) is 39.1 Å². The van der Waals surface area contributed by atoms with Gasteiger partial charge in [0, 0.05) is 6.54 Å². The summed E-state index contributed by atoms with van der Waals surface area (Å²) in [7, 11) is 0. The van der Waals surface area contributed by atoms with E-state index in [1.807, 2.05) is 6.92 Å². The Morgan fingerprint density at radius 2 is 1.84 bits per heavy atom. The lowest BCUT2D eigenvalue weighted by Crippen LogP contribution is -2.53. The van der Waals surface area contributed by atoms with Gasteiger partial charge in [0.05, 0.1) is 6.07 Å². The highest BCUT2D eigenvalue weighted by Gasteiger charge is 2.38. The molecule has 2 fully saturated rings. The third-order valence-electron chi connectivity index (χ3n) is 5.13. The maximum Gasteiger partial charge on any atom is 0.116 e. The van der Waals surface area contributed by atoms with Crippen LogP contribution in [-0.4, -0.2) is 36.6 Å². The van der Waals surface area contributed by atoms with E-state index >= 15 is 0 Å². The van der Waals surface area contributed by atoms with Crippen LogP contribution in [0.2, 0.25) is 0 Å². The zero-order chi connectivity index (χ0) is 13.8. The molecule has 1 heterocycles. The van der Waals surface area contributed by atoms with Crippen molar-refractivity contribution in [1.82, 2.24) is 10.2 Å². The highest BCUT2D eigenvalue weighted by molar-refractivity contribution is 5.06. The van der Waals surface area contributed by atoms with Gasteiger partial charge in [-0.15, -0.1) is 0 Å². The van der Waals surface area contributed by atoms with Crippen molar-refractivity contribution in [3.05, 3.63) is 0 Å². The molecule has 0 bridgehead atoms. The van der Waals surface area contributed by atoms with Crippen LogP contribution in [0, 0.1) is 16.7 Å². The van der Waals surface area contributed by atoms with Crippen LogP contribution < -0.4 is 5.32 Å². The van der Waals surface area contributed by atoms with Gasteiger partial charge in [0.2, 0.25) is 0 Å². The molecule has 19 heavy (non-hydrogen) atoms. The molecule has 1 aliphatic carbocycles. The van der Waals surface area contributed by atoms with Crippen LogP contribution in [0.25, 0.3) is 0 Å². The zero-order valence-corrected chi connectivity index (χ0v) is 12.7. The summed E-state index contributed by atoms with van der Waals surface area (Å²) < 4.78 is 0. The van der Waals surface area contributed by atoms with Crippen molar-refractivity contribution in [2.24, 2.45) is 5.41 Å². The number of hydrogen-bond acceptors (Lipinski definition) is 3. The average molecular weight is 263 g/mol. The van der Waals surface area contributed by atoms with E-state index in [4.69, 9.17) is 0 Å². The first-order valence-corrected chi connectivity index (χ1v) is 8.00. The highest BCUT2D eigenvalue weighted by atomic mass is 15.2. The summed E-state index contributed by atoms with van der Waals surface area (Å²) in [4.78, 5) is 2.50. The second-order valence-electron chi connectivity index (χ2n) is 6.85. The second kappa shape index (κ2) is 6.24.